The van der Waals surface area contributed by atoms with Crippen LogP contribution in [0.25, 0.3) is 0 Å². The van der Waals surface area contributed by atoms with Crippen molar-refractivity contribution in [2.24, 2.45) is 11.7 Å². The van der Waals surface area contributed by atoms with Crippen molar-refractivity contribution in [1.82, 2.24) is 5.06 Å². The van der Waals surface area contributed by atoms with E-state index < -0.39 is 0 Å². The average molecular weight is 173 g/mol. The molecule has 3 heteroatoms. The van der Waals surface area contributed by atoms with Gasteiger partial charge in [-0.25, -0.2) is 0 Å². The average Bonchev–Trinajstić information content (AvgIpc) is 2.11. The number of hydrogen-bond acceptors (Lipinski definition) is 2. The van der Waals surface area contributed by atoms with Gasteiger partial charge in [0.15, 0.2) is 0 Å². The molecule has 0 amide bonds. The molecule has 0 aromatic carbocycles. The Hall–Kier alpha value is -0.120. The normalized spacial score (nSPS) is 34.0. The summed E-state index contributed by atoms with van der Waals surface area (Å²) in [4.78, 5) is 0. The predicted octanol–water partition coefficient (Wildman–Crippen LogP) is 0.464. The summed E-state index contributed by atoms with van der Waals surface area (Å²) >= 11 is 0. The fraction of sp³-hybridized carbons (Fsp3) is 1.00. The molecular formula is C9H21N2O+. The van der Waals surface area contributed by atoms with Crippen molar-refractivity contribution in [3.8, 4) is 0 Å². The molecule has 3 nitrogen and oxygen atoms in total. The molecule has 1 rings (SSSR count). The van der Waals surface area contributed by atoms with Crippen LogP contribution in [-0.2, 0) is 0 Å². The van der Waals surface area contributed by atoms with Crippen LogP contribution in [0.3, 0.4) is 0 Å². The van der Waals surface area contributed by atoms with Crippen LogP contribution in [0.15, 0.2) is 0 Å². The highest BCUT2D eigenvalue weighted by atomic mass is 16.5. The van der Waals surface area contributed by atoms with E-state index in [1.807, 2.05) is 0 Å². The molecule has 1 aliphatic rings. The Morgan fingerprint density at radius 3 is 2.08 bits per heavy atom. The molecule has 0 aromatic rings. The van der Waals surface area contributed by atoms with Crippen LogP contribution in [0, 0.1) is 5.92 Å². The summed E-state index contributed by atoms with van der Waals surface area (Å²) in [6.45, 7) is 9.11. The van der Waals surface area contributed by atoms with Gasteiger partial charge in [0, 0.05) is 0 Å². The van der Waals surface area contributed by atoms with E-state index in [1.54, 1.807) is 5.06 Å². The zero-order chi connectivity index (χ0) is 9.57. The van der Waals surface area contributed by atoms with Crippen LogP contribution in [0.2, 0.25) is 0 Å². The molecule has 72 valence electrons. The summed E-state index contributed by atoms with van der Waals surface area (Å²) in [5.41, 5.74) is 5.59. The minimum atomic E-state index is -0.0712. The van der Waals surface area contributed by atoms with Gasteiger partial charge in [-0.15, -0.1) is 0 Å². The van der Waals surface area contributed by atoms with Crippen molar-refractivity contribution >= 4 is 0 Å². The highest BCUT2D eigenvalue weighted by Gasteiger charge is 2.54. The Labute approximate surface area is 74.5 Å². The van der Waals surface area contributed by atoms with Crippen LogP contribution >= 0.6 is 0 Å². The van der Waals surface area contributed by atoms with Crippen LogP contribution < -0.4 is 5.73 Å². The summed E-state index contributed by atoms with van der Waals surface area (Å²) in [7, 11) is 0. The lowest BCUT2D eigenvalue weighted by atomic mass is 9.87. The lowest BCUT2D eigenvalue weighted by Gasteiger charge is -2.31. The highest BCUT2D eigenvalue weighted by molar-refractivity contribution is 5.01. The minimum Gasteiger partial charge on any atom is -0.338 e. The van der Waals surface area contributed by atoms with E-state index in [0.29, 0.717) is 12.5 Å². The first-order valence-corrected chi connectivity index (χ1v) is 4.54. The molecule has 0 aromatic heterocycles. The maximum absolute atomic E-state index is 7.95. The van der Waals surface area contributed by atoms with Crippen LogP contribution in [0.4, 0.5) is 0 Å². The number of hydroxylamine groups is 2. The SMILES string of the molecule is CC1(C)CC(CN)C(C)(C)N1[OH2+]. The lowest BCUT2D eigenvalue weighted by molar-refractivity contribution is -0.196. The minimum absolute atomic E-state index is 0.0203. The zero-order valence-corrected chi connectivity index (χ0v) is 8.52. The third-order valence-electron chi connectivity index (χ3n) is 3.21. The van der Waals surface area contributed by atoms with Gasteiger partial charge in [-0.3, -0.25) is 0 Å². The standard InChI is InChI=1S/C9H20N2O/c1-8(2)5-7(6-10)9(3,4)11(8)12/h7,12H,5-6,10H2,1-4H3/p+1. The molecule has 1 unspecified atom stereocenters. The molecule has 1 fully saturated rings. The zero-order valence-electron chi connectivity index (χ0n) is 8.52. The van der Waals surface area contributed by atoms with Gasteiger partial charge in [-0.2, -0.15) is 0 Å². The van der Waals surface area contributed by atoms with E-state index in [0.717, 1.165) is 6.42 Å². The number of hydrogen-bond donors (Lipinski definition) is 1. The molecule has 1 atom stereocenters. The first kappa shape index (κ1) is 9.96. The molecule has 0 radical (unpaired) electrons. The fourth-order valence-electron chi connectivity index (χ4n) is 2.28. The molecular weight excluding hydrogens is 152 g/mol. The Morgan fingerprint density at radius 1 is 1.42 bits per heavy atom. The molecule has 0 spiro atoms. The second kappa shape index (κ2) is 2.69. The Balaban J connectivity index is 2.88. The number of nitrogens with zero attached hydrogens (tertiary/aromatic N) is 1. The second-order valence-corrected chi connectivity index (χ2v) is 4.94. The Bertz CT molecular complexity index is 177. The van der Waals surface area contributed by atoms with Gasteiger partial charge in [0.05, 0.1) is 11.1 Å². The molecule has 0 aliphatic carbocycles. The van der Waals surface area contributed by atoms with E-state index in [4.69, 9.17) is 10.9 Å². The third kappa shape index (κ3) is 1.26. The first-order chi connectivity index (χ1) is 5.32. The van der Waals surface area contributed by atoms with Crippen LogP contribution in [0.1, 0.15) is 34.1 Å². The van der Waals surface area contributed by atoms with Crippen molar-refractivity contribution in [2.75, 3.05) is 6.54 Å². The maximum atomic E-state index is 7.95. The molecule has 4 N–H and O–H groups in total. The second-order valence-electron chi connectivity index (χ2n) is 4.94. The fourth-order valence-corrected chi connectivity index (χ4v) is 2.28. The summed E-state index contributed by atoms with van der Waals surface area (Å²) in [6, 6.07) is 0. The molecule has 1 aliphatic heterocycles. The molecule has 1 heterocycles. The maximum Gasteiger partial charge on any atom is 0.0875 e. The van der Waals surface area contributed by atoms with Gasteiger partial charge in [0.25, 0.3) is 0 Å². The Kier molecular flexibility index (Phi) is 2.23. The first-order valence-electron chi connectivity index (χ1n) is 4.54. The molecule has 12 heavy (non-hydrogen) atoms. The summed E-state index contributed by atoms with van der Waals surface area (Å²) in [5.74, 6) is 0.449. The van der Waals surface area contributed by atoms with Gasteiger partial charge in [-0.1, -0.05) is 5.06 Å². The van der Waals surface area contributed by atoms with E-state index in [-0.39, 0.29) is 11.1 Å². The Morgan fingerprint density at radius 2 is 1.92 bits per heavy atom. The molecule has 0 bridgehead atoms. The van der Waals surface area contributed by atoms with Crippen molar-refractivity contribution in [3.63, 3.8) is 0 Å². The summed E-state index contributed by atoms with van der Waals surface area (Å²) in [5, 5.41) is 9.65. The van der Waals surface area contributed by atoms with Crippen molar-refractivity contribution in [2.45, 2.75) is 45.2 Å². The van der Waals surface area contributed by atoms with Gasteiger partial charge >= 0.3 is 0 Å². The van der Waals surface area contributed by atoms with E-state index >= 15 is 0 Å². The molecule has 0 saturated carbocycles. The van der Waals surface area contributed by atoms with E-state index in [9.17, 15) is 0 Å². The summed E-state index contributed by atoms with van der Waals surface area (Å²) in [6.07, 6.45) is 1.03. The van der Waals surface area contributed by atoms with E-state index in [2.05, 4.69) is 27.7 Å². The largest absolute Gasteiger partial charge is 0.338 e. The van der Waals surface area contributed by atoms with E-state index in [1.165, 1.54) is 0 Å². The number of nitrogens with two attached hydrogens (primary N) is 1. The highest BCUT2D eigenvalue weighted by Crippen LogP contribution is 2.42. The van der Waals surface area contributed by atoms with Gasteiger partial charge in [-0.05, 0) is 46.6 Å². The van der Waals surface area contributed by atoms with Gasteiger partial charge in [0.2, 0.25) is 0 Å². The molecule has 1 saturated heterocycles. The van der Waals surface area contributed by atoms with Gasteiger partial charge in [0.1, 0.15) is 0 Å². The monoisotopic (exact) mass is 173 g/mol. The van der Waals surface area contributed by atoms with Crippen LogP contribution in [0.5, 0.6) is 0 Å². The third-order valence-corrected chi connectivity index (χ3v) is 3.21. The van der Waals surface area contributed by atoms with Gasteiger partial charge < -0.3 is 10.9 Å². The van der Waals surface area contributed by atoms with Crippen molar-refractivity contribution in [3.05, 3.63) is 0 Å². The number of rotatable bonds is 1. The van der Waals surface area contributed by atoms with Crippen molar-refractivity contribution < 1.29 is 5.21 Å². The summed E-state index contributed by atoms with van der Waals surface area (Å²) < 4.78 is 0. The smallest absolute Gasteiger partial charge is 0.0875 e. The quantitative estimate of drug-likeness (QED) is 0.586. The lowest BCUT2D eigenvalue weighted by Crippen LogP contribution is -2.48. The predicted molar refractivity (Wildman–Crippen MR) is 50.8 cm³/mol. The van der Waals surface area contributed by atoms with Crippen molar-refractivity contribution in [1.29, 1.82) is 0 Å². The van der Waals surface area contributed by atoms with Crippen LogP contribution in [-0.4, -0.2) is 27.9 Å². The topological polar surface area (TPSA) is 52.2 Å².